The van der Waals surface area contributed by atoms with Gasteiger partial charge in [0, 0.05) is 19.8 Å². The van der Waals surface area contributed by atoms with E-state index in [4.69, 9.17) is 0 Å². The van der Waals surface area contributed by atoms with Gasteiger partial charge >= 0.3 is 5.97 Å². The van der Waals surface area contributed by atoms with Crippen LogP contribution in [0.3, 0.4) is 0 Å². The Hall–Kier alpha value is -1.92. The number of hydrogen-bond donors (Lipinski definition) is 3. The molecule has 0 aromatic heterocycles. The summed E-state index contributed by atoms with van der Waals surface area (Å²) in [6.07, 6.45) is 2.30. The summed E-state index contributed by atoms with van der Waals surface area (Å²) in [7, 11) is 0. The van der Waals surface area contributed by atoms with Crippen LogP contribution in [0.25, 0.3) is 0 Å². The van der Waals surface area contributed by atoms with Crippen molar-refractivity contribution in [2.75, 3.05) is 0 Å². The van der Waals surface area contributed by atoms with E-state index in [0.29, 0.717) is 25.7 Å². The summed E-state index contributed by atoms with van der Waals surface area (Å²) in [6, 6.07) is -1.87. The van der Waals surface area contributed by atoms with Crippen molar-refractivity contribution in [1.29, 1.82) is 0 Å². The lowest BCUT2D eigenvalue weighted by molar-refractivity contribution is -0.144. The molecule has 130 valence electrons. The number of Topliss-reactive ketones (excluding diaryl/α,β-unsaturated/α-hetero) is 1. The molecule has 2 amide bonds. The molecule has 1 rings (SSSR count). The number of carbonyl (C=O) groups excluding carboxylic acids is 3. The molecule has 1 saturated carbocycles. The zero-order valence-electron chi connectivity index (χ0n) is 13.9. The van der Waals surface area contributed by atoms with E-state index in [1.807, 2.05) is 13.8 Å². The summed E-state index contributed by atoms with van der Waals surface area (Å²) in [6.45, 7) is 5.14. The maximum absolute atomic E-state index is 12.4. The first-order valence-electron chi connectivity index (χ1n) is 8.02. The van der Waals surface area contributed by atoms with Gasteiger partial charge in [-0.15, -0.1) is 0 Å². The molecule has 3 N–H and O–H groups in total. The molecule has 0 radical (unpaired) electrons. The molecule has 0 bridgehead atoms. The van der Waals surface area contributed by atoms with Crippen LogP contribution in [-0.2, 0) is 19.2 Å². The average Bonchev–Trinajstić information content (AvgIpc) is 2.42. The number of amides is 2. The Morgan fingerprint density at radius 2 is 1.91 bits per heavy atom. The fourth-order valence-electron chi connectivity index (χ4n) is 2.93. The molecule has 0 saturated heterocycles. The Bertz CT molecular complexity index is 475. The minimum atomic E-state index is -1.15. The summed E-state index contributed by atoms with van der Waals surface area (Å²) in [5.41, 5.74) is 0. The fourth-order valence-corrected chi connectivity index (χ4v) is 2.93. The van der Waals surface area contributed by atoms with Gasteiger partial charge in [0.25, 0.3) is 0 Å². The topological polar surface area (TPSA) is 113 Å². The number of carboxylic acids is 1. The Morgan fingerprint density at radius 3 is 2.39 bits per heavy atom. The van der Waals surface area contributed by atoms with Crippen LogP contribution in [0, 0.1) is 11.8 Å². The maximum atomic E-state index is 12.4. The standard InChI is InChI=1S/C16H26N2O5/c1-9(2)7-13(17-10(3)19)15(21)18-14(16(22)23)11-5-4-6-12(20)8-11/h9,11,13-14H,4-8H2,1-3H3,(H,17,19)(H,18,21)(H,22,23)/t11-,13-,14-/m0/s1. The summed E-state index contributed by atoms with van der Waals surface area (Å²) in [5.74, 6) is -2.21. The van der Waals surface area contributed by atoms with Crippen LogP contribution in [0.5, 0.6) is 0 Å². The molecule has 1 fully saturated rings. The van der Waals surface area contributed by atoms with Crippen molar-refractivity contribution < 1.29 is 24.3 Å². The van der Waals surface area contributed by atoms with E-state index in [0.717, 1.165) is 0 Å². The highest BCUT2D eigenvalue weighted by atomic mass is 16.4. The molecule has 3 atom stereocenters. The third-order valence-electron chi connectivity index (χ3n) is 3.96. The van der Waals surface area contributed by atoms with Crippen molar-refractivity contribution in [3.05, 3.63) is 0 Å². The number of rotatable bonds is 7. The predicted molar refractivity (Wildman–Crippen MR) is 83.6 cm³/mol. The van der Waals surface area contributed by atoms with E-state index in [2.05, 4.69) is 10.6 Å². The van der Waals surface area contributed by atoms with Crippen molar-refractivity contribution in [1.82, 2.24) is 10.6 Å². The largest absolute Gasteiger partial charge is 0.480 e. The van der Waals surface area contributed by atoms with E-state index in [1.54, 1.807) is 0 Å². The number of carboxylic acid groups (broad SMARTS) is 1. The van der Waals surface area contributed by atoms with Crippen LogP contribution in [-0.4, -0.2) is 40.8 Å². The molecule has 7 nitrogen and oxygen atoms in total. The number of aliphatic carboxylic acids is 1. The van der Waals surface area contributed by atoms with Crippen LogP contribution in [0.4, 0.5) is 0 Å². The second-order valence-electron chi connectivity index (χ2n) is 6.60. The highest BCUT2D eigenvalue weighted by Gasteiger charge is 2.35. The number of carbonyl (C=O) groups is 4. The first-order chi connectivity index (χ1) is 10.7. The second kappa shape index (κ2) is 8.64. The Balaban J connectivity index is 2.79. The van der Waals surface area contributed by atoms with Gasteiger partial charge in [-0.2, -0.15) is 0 Å². The summed E-state index contributed by atoms with van der Waals surface area (Å²) in [4.78, 5) is 46.7. The van der Waals surface area contributed by atoms with Gasteiger partial charge < -0.3 is 15.7 Å². The Morgan fingerprint density at radius 1 is 1.26 bits per heavy atom. The predicted octanol–water partition coefficient (Wildman–Crippen LogP) is 0.866. The molecule has 1 aliphatic carbocycles. The third kappa shape index (κ3) is 6.38. The maximum Gasteiger partial charge on any atom is 0.326 e. The quantitative estimate of drug-likeness (QED) is 0.642. The van der Waals surface area contributed by atoms with Gasteiger partial charge in [0.15, 0.2) is 0 Å². The molecule has 23 heavy (non-hydrogen) atoms. The molecule has 0 unspecified atom stereocenters. The monoisotopic (exact) mass is 326 g/mol. The van der Waals surface area contributed by atoms with Gasteiger partial charge in [0.2, 0.25) is 11.8 Å². The second-order valence-corrected chi connectivity index (χ2v) is 6.60. The molecule has 0 aromatic rings. The smallest absolute Gasteiger partial charge is 0.326 e. The first kappa shape index (κ1) is 19.1. The van der Waals surface area contributed by atoms with Crippen LogP contribution < -0.4 is 10.6 Å². The van der Waals surface area contributed by atoms with Crippen molar-refractivity contribution in [3.63, 3.8) is 0 Å². The van der Waals surface area contributed by atoms with Crippen molar-refractivity contribution in [2.45, 2.75) is 65.0 Å². The summed E-state index contributed by atoms with van der Waals surface area (Å²) < 4.78 is 0. The minimum Gasteiger partial charge on any atom is -0.480 e. The van der Waals surface area contributed by atoms with Gasteiger partial charge in [0.1, 0.15) is 17.9 Å². The van der Waals surface area contributed by atoms with Gasteiger partial charge in [-0.05, 0) is 31.1 Å². The molecule has 0 heterocycles. The van der Waals surface area contributed by atoms with E-state index in [-0.39, 0.29) is 24.0 Å². The minimum absolute atomic E-state index is 0.0299. The number of nitrogens with one attached hydrogen (secondary N) is 2. The third-order valence-corrected chi connectivity index (χ3v) is 3.96. The van der Waals surface area contributed by atoms with E-state index >= 15 is 0 Å². The van der Waals surface area contributed by atoms with Crippen molar-refractivity contribution >= 4 is 23.6 Å². The highest BCUT2D eigenvalue weighted by Crippen LogP contribution is 2.24. The molecule has 0 spiro atoms. The van der Waals surface area contributed by atoms with Crippen LogP contribution in [0.15, 0.2) is 0 Å². The molecule has 0 aromatic carbocycles. The molecule has 1 aliphatic rings. The molecular weight excluding hydrogens is 300 g/mol. The lowest BCUT2D eigenvalue weighted by Gasteiger charge is -2.29. The van der Waals surface area contributed by atoms with Gasteiger partial charge in [0.05, 0.1) is 0 Å². The lowest BCUT2D eigenvalue weighted by Crippen LogP contribution is -2.54. The van der Waals surface area contributed by atoms with Crippen molar-refractivity contribution in [3.8, 4) is 0 Å². The van der Waals surface area contributed by atoms with E-state index in [9.17, 15) is 24.3 Å². The summed E-state index contributed by atoms with van der Waals surface area (Å²) >= 11 is 0. The normalized spacial score (nSPS) is 20.7. The Kier molecular flexibility index (Phi) is 7.19. The van der Waals surface area contributed by atoms with Crippen LogP contribution in [0.1, 0.15) is 52.9 Å². The fraction of sp³-hybridized carbons (Fsp3) is 0.750. The van der Waals surface area contributed by atoms with E-state index in [1.165, 1.54) is 6.92 Å². The molecule has 0 aliphatic heterocycles. The van der Waals surface area contributed by atoms with E-state index < -0.39 is 29.9 Å². The summed E-state index contributed by atoms with van der Waals surface area (Å²) in [5, 5.41) is 14.5. The van der Waals surface area contributed by atoms with Gasteiger partial charge in [-0.3, -0.25) is 14.4 Å². The number of hydrogen-bond acceptors (Lipinski definition) is 4. The average molecular weight is 326 g/mol. The molecular formula is C16H26N2O5. The van der Waals surface area contributed by atoms with Crippen LogP contribution >= 0.6 is 0 Å². The lowest BCUT2D eigenvalue weighted by atomic mass is 9.83. The first-order valence-corrected chi connectivity index (χ1v) is 8.02. The number of ketones is 1. The molecule has 7 heteroatoms. The van der Waals surface area contributed by atoms with Crippen LogP contribution in [0.2, 0.25) is 0 Å². The van der Waals surface area contributed by atoms with Gasteiger partial charge in [-0.1, -0.05) is 13.8 Å². The zero-order valence-corrected chi connectivity index (χ0v) is 13.9. The SMILES string of the molecule is CC(=O)N[C@@H](CC(C)C)C(=O)N[C@H](C(=O)O)[C@H]1CCCC(=O)C1. The zero-order chi connectivity index (χ0) is 17.6. The highest BCUT2D eigenvalue weighted by molar-refractivity contribution is 5.90. The van der Waals surface area contributed by atoms with Crippen molar-refractivity contribution in [2.24, 2.45) is 11.8 Å². The Labute approximate surface area is 136 Å². The van der Waals surface area contributed by atoms with Gasteiger partial charge in [-0.25, -0.2) is 4.79 Å².